The van der Waals surface area contributed by atoms with Gasteiger partial charge in [-0.15, -0.1) is 0 Å². The standard InChI is InChI=1S/C20H21N3O3/c1-13-8-9-14(2)18(10-13)26-12-19(24)21-22-20(25)16-11-23(3)17-7-5-4-6-15(16)17/h4-11H,12H2,1-3H3,(H,21,24)(H,22,25). The first-order valence-electron chi connectivity index (χ1n) is 8.29. The van der Waals surface area contributed by atoms with Gasteiger partial charge in [-0.1, -0.05) is 30.3 Å². The number of nitrogens with one attached hydrogen (secondary N) is 2. The number of aromatic nitrogens is 1. The molecule has 0 spiro atoms. The lowest BCUT2D eigenvalue weighted by Gasteiger charge is -2.11. The van der Waals surface area contributed by atoms with Crippen LogP contribution in [0.1, 0.15) is 21.5 Å². The van der Waals surface area contributed by atoms with E-state index in [1.54, 1.807) is 6.20 Å². The lowest BCUT2D eigenvalue weighted by molar-refractivity contribution is -0.123. The number of hydrogen-bond acceptors (Lipinski definition) is 3. The molecule has 0 bridgehead atoms. The number of nitrogens with zero attached hydrogens (tertiary/aromatic N) is 1. The summed E-state index contributed by atoms with van der Waals surface area (Å²) in [7, 11) is 1.87. The Morgan fingerprint density at radius 1 is 1.08 bits per heavy atom. The Hall–Kier alpha value is -3.28. The van der Waals surface area contributed by atoms with Crippen molar-refractivity contribution in [1.82, 2.24) is 15.4 Å². The van der Waals surface area contributed by atoms with E-state index < -0.39 is 5.91 Å². The van der Waals surface area contributed by atoms with E-state index in [9.17, 15) is 9.59 Å². The smallest absolute Gasteiger partial charge is 0.276 e. The van der Waals surface area contributed by atoms with Crippen molar-refractivity contribution in [3.05, 3.63) is 65.4 Å². The molecule has 0 saturated heterocycles. The highest BCUT2D eigenvalue weighted by Gasteiger charge is 2.14. The maximum absolute atomic E-state index is 12.4. The van der Waals surface area contributed by atoms with Crippen molar-refractivity contribution in [3.63, 3.8) is 0 Å². The zero-order valence-electron chi connectivity index (χ0n) is 15.0. The second-order valence-electron chi connectivity index (χ2n) is 6.23. The van der Waals surface area contributed by atoms with Gasteiger partial charge in [0.2, 0.25) is 0 Å². The number of amides is 2. The van der Waals surface area contributed by atoms with Gasteiger partial charge in [-0.25, -0.2) is 0 Å². The number of hydrazine groups is 1. The van der Waals surface area contributed by atoms with Gasteiger partial charge < -0.3 is 9.30 Å². The van der Waals surface area contributed by atoms with Gasteiger partial charge in [0.05, 0.1) is 5.56 Å². The van der Waals surface area contributed by atoms with Crippen molar-refractivity contribution >= 4 is 22.7 Å². The average molecular weight is 351 g/mol. The number of benzene rings is 2. The third-order valence-corrected chi connectivity index (χ3v) is 4.16. The van der Waals surface area contributed by atoms with Gasteiger partial charge >= 0.3 is 0 Å². The highest BCUT2D eigenvalue weighted by atomic mass is 16.5. The van der Waals surface area contributed by atoms with Crippen LogP contribution < -0.4 is 15.6 Å². The molecule has 0 aliphatic heterocycles. The zero-order valence-corrected chi connectivity index (χ0v) is 15.0. The van der Waals surface area contributed by atoms with Crippen molar-refractivity contribution in [1.29, 1.82) is 0 Å². The molecule has 0 aliphatic rings. The van der Waals surface area contributed by atoms with E-state index >= 15 is 0 Å². The predicted molar refractivity (Wildman–Crippen MR) is 99.9 cm³/mol. The minimum Gasteiger partial charge on any atom is -0.483 e. The van der Waals surface area contributed by atoms with E-state index in [0.29, 0.717) is 11.3 Å². The van der Waals surface area contributed by atoms with Crippen LogP contribution >= 0.6 is 0 Å². The quantitative estimate of drug-likeness (QED) is 0.710. The number of carbonyl (C=O) groups excluding carboxylic acids is 2. The molecule has 1 heterocycles. The molecule has 2 aromatic carbocycles. The summed E-state index contributed by atoms with van der Waals surface area (Å²) < 4.78 is 7.40. The summed E-state index contributed by atoms with van der Waals surface area (Å²) in [5.74, 6) is -0.151. The van der Waals surface area contributed by atoms with E-state index in [4.69, 9.17) is 4.74 Å². The van der Waals surface area contributed by atoms with Crippen LogP contribution in [0, 0.1) is 13.8 Å². The largest absolute Gasteiger partial charge is 0.483 e. The maximum atomic E-state index is 12.4. The fourth-order valence-corrected chi connectivity index (χ4v) is 2.76. The van der Waals surface area contributed by atoms with Crippen LogP contribution in [0.2, 0.25) is 0 Å². The maximum Gasteiger partial charge on any atom is 0.276 e. The Morgan fingerprint density at radius 2 is 1.85 bits per heavy atom. The highest BCUT2D eigenvalue weighted by Crippen LogP contribution is 2.20. The summed E-state index contributed by atoms with van der Waals surface area (Å²) >= 11 is 0. The second kappa shape index (κ2) is 7.31. The molecule has 3 rings (SSSR count). The van der Waals surface area contributed by atoms with Gasteiger partial charge in [-0.05, 0) is 37.1 Å². The number of hydrogen-bond donors (Lipinski definition) is 2. The summed E-state index contributed by atoms with van der Waals surface area (Å²) in [6.45, 7) is 3.69. The molecular weight excluding hydrogens is 330 g/mol. The molecule has 134 valence electrons. The number of aryl methyl sites for hydroxylation is 3. The fourth-order valence-electron chi connectivity index (χ4n) is 2.76. The van der Waals surface area contributed by atoms with Crippen molar-refractivity contribution in [2.24, 2.45) is 7.05 Å². The van der Waals surface area contributed by atoms with Gasteiger partial charge in [0.15, 0.2) is 6.61 Å². The minimum absolute atomic E-state index is 0.180. The van der Waals surface area contributed by atoms with Gasteiger partial charge in [-0.3, -0.25) is 20.4 Å². The number of para-hydroxylation sites is 1. The third-order valence-electron chi connectivity index (χ3n) is 4.16. The number of carbonyl (C=O) groups is 2. The van der Waals surface area contributed by atoms with Crippen LogP contribution in [0.25, 0.3) is 10.9 Å². The molecule has 0 fully saturated rings. The van der Waals surface area contributed by atoms with Crippen molar-refractivity contribution in [2.45, 2.75) is 13.8 Å². The molecule has 0 unspecified atom stereocenters. The lowest BCUT2D eigenvalue weighted by Crippen LogP contribution is -2.43. The van der Waals surface area contributed by atoms with Crippen LogP contribution in [0.3, 0.4) is 0 Å². The summed E-state index contributed by atoms with van der Waals surface area (Å²) in [5, 5.41) is 0.827. The normalized spacial score (nSPS) is 10.6. The summed E-state index contributed by atoms with van der Waals surface area (Å²) in [6, 6.07) is 13.4. The first-order chi connectivity index (χ1) is 12.5. The van der Waals surface area contributed by atoms with Crippen LogP contribution in [0.15, 0.2) is 48.7 Å². The molecule has 6 heteroatoms. The summed E-state index contributed by atoms with van der Waals surface area (Å²) in [5.41, 5.74) is 8.27. The Morgan fingerprint density at radius 3 is 2.65 bits per heavy atom. The summed E-state index contributed by atoms with van der Waals surface area (Å²) in [4.78, 5) is 24.3. The van der Waals surface area contributed by atoms with Crippen LogP contribution in [0.4, 0.5) is 0 Å². The molecule has 0 aliphatic carbocycles. The number of fused-ring (bicyclic) bond motifs is 1. The van der Waals surface area contributed by atoms with E-state index in [0.717, 1.165) is 22.0 Å². The van der Waals surface area contributed by atoms with Gasteiger partial charge in [0.1, 0.15) is 5.75 Å². The van der Waals surface area contributed by atoms with Crippen LogP contribution in [-0.4, -0.2) is 23.0 Å². The fraction of sp³-hybridized carbons (Fsp3) is 0.200. The first-order valence-corrected chi connectivity index (χ1v) is 8.29. The Bertz CT molecular complexity index is 976. The molecule has 0 saturated carbocycles. The first kappa shape index (κ1) is 17.5. The van der Waals surface area contributed by atoms with Crippen LogP contribution in [0.5, 0.6) is 5.75 Å². The molecule has 0 atom stereocenters. The van der Waals surface area contributed by atoms with Gasteiger partial charge in [0, 0.05) is 24.1 Å². The summed E-state index contributed by atoms with van der Waals surface area (Å²) in [6.07, 6.45) is 1.73. The topological polar surface area (TPSA) is 72.4 Å². The molecule has 3 aromatic rings. The third kappa shape index (κ3) is 3.69. The Balaban J connectivity index is 1.59. The van der Waals surface area contributed by atoms with Crippen LogP contribution in [-0.2, 0) is 11.8 Å². The zero-order chi connectivity index (χ0) is 18.7. The minimum atomic E-state index is -0.431. The van der Waals surface area contributed by atoms with Gasteiger partial charge in [-0.2, -0.15) is 0 Å². The monoisotopic (exact) mass is 351 g/mol. The predicted octanol–water partition coefficient (Wildman–Crippen LogP) is 2.64. The second-order valence-corrected chi connectivity index (χ2v) is 6.23. The van der Waals surface area contributed by atoms with Crippen molar-refractivity contribution < 1.29 is 14.3 Å². The molecule has 26 heavy (non-hydrogen) atoms. The Labute approximate surface area is 151 Å². The van der Waals surface area contributed by atoms with E-state index in [1.165, 1.54) is 0 Å². The lowest BCUT2D eigenvalue weighted by atomic mass is 10.1. The average Bonchev–Trinajstić information content (AvgIpc) is 2.98. The van der Waals surface area contributed by atoms with Gasteiger partial charge in [0.25, 0.3) is 11.8 Å². The molecule has 2 N–H and O–H groups in total. The van der Waals surface area contributed by atoms with E-state index in [1.807, 2.05) is 67.9 Å². The van der Waals surface area contributed by atoms with Crippen molar-refractivity contribution in [3.8, 4) is 5.75 Å². The molecule has 2 amide bonds. The molecule has 1 aromatic heterocycles. The number of rotatable bonds is 4. The van der Waals surface area contributed by atoms with E-state index in [2.05, 4.69) is 10.9 Å². The number of ether oxygens (including phenoxy) is 1. The molecule has 6 nitrogen and oxygen atoms in total. The van der Waals surface area contributed by atoms with E-state index in [-0.39, 0.29) is 12.5 Å². The highest BCUT2D eigenvalue weighted by molar-refractivity contribution is 6.07. The molecular formula is C20H21N3O3. The molecule has 0 radical (unpaired) electrons. The van der Waals surface area contributed by atoms with Crippen molar-refractivity contribution in [2.75, 3.05) is 6.61 Å². The Kier molecular flexibility index (Phi) is 4.93. The SMILES string of the molecule is Cc1ccc(C)c(OCC(=O)NNC(=O)c2cn(C)c3ccccc23)c1.